The second kappa shape index (κ2) is 6.39. The van der Waals surface area contributed by atoms with E-state index in [-0.39, 0.29) is 17.7 Å². The van der Waals surface area contributed by atoms with Gasteiger partial charge in [0.05, 0.1) is 12.0 Å². The third kappa shape index (κ3) is 3.50. The van der Waals surface area contributed by atoms with Crippen molar-refractivity contribution in [3.63, 3.8) is 0 Å². The first-order valence-electron chi connectivity index (χ1n) is 7.48. The van der Waals surface area contributed by atoms with Gasteiger partial charge in [-0.1, -0.05) is 12.1 Å². The highest BCUT2D eigenvalue weighted by Gasteiger charge is 2.29. The standard InChI is InChI=1S/C17H23NO3/c1-11-4-5-15(10-12(11)2)16(19)13(3)18-8-6-14(7-9-18)17(20)21/h4-5,10,13-14H,6-9H2,1-3H3,(H,20,21). The number of benzene rings is 1. The first kappa shape index (κ1) is 15.7. The second-order valence-electron chi connectivity index (χ2n) is 5.99. The van der Waals surface area contributed by atoms with E-state index in [2.05, 4.69) is 4.90 Å². The van der Waals surface area contributed by atoms with Crippen molar-refractivity contribution in [1.82, 2.24) is 4.90 Å². The van der Waals surface area contributed by atoms with Gasteiger partial charge in [0.15, 0.2) is 5.78 Å². The molecule has 0 bridgehead atoms. The number of hydrogen-bond acceptors (Lipinski definition) is 3. The largest absolute Gasteiger partial charge is 0.481 e. The molecule has 0 aliphatic carbocycles. The summed E-state index contributed by atoms with van der Waals surface area (Å²) in [4.78, 5) is 25.6. The molecule has 2 rings (SSSR count). The lowest BCUT2D eigenvalue weighted by atomic mass is 9.94. The van der Waals surface area contributed by atoms with Crippen LogP contribution in [0.4, 0.5) is 0 Å². The van der Waals surface area contributed by atoms with Crippen LogP contribution in [-0.2, 0) is 4.79 Å². The highest BCUT2D eigenvalue weighted by Crippen LogP contribution is 2.21. The summed E-state index contributed by atoms with van der Waals surface area (Å²) in [7, 11) is 0. The molecule has 1 saturated heterocycles. The number of rotatable bonds is 4. The number of carboxylic acids is 1. The Kier molecular flexibility index (Phi) is 4.78. The number of ketones is 1. The Hall–Kier alpha value is -1.68. The lowest BCUT2D eigenvalue weighted by Crippen LogP contribution is -2.45. The van der Waals surface area contributed by atoms with Crippen LogP contribution < -0.4 is 0 Å². The molecule has 1 aromatic rings. The summed E-state index contributed by atoms with van der Waals surface area (Å²) in [6, 6.07) is 5.61. The van der Waals surface area contributed by atoms with E-state index < -0.39 is 5.97 Å². The first-order valence-corrected chi connectivity index (χ1v) is 7.48. The number of likely N-dealkylation sites (tertiary alicyclic amines) is 1. The molecular weight excluding hydrogens is 266 g/mol. The fourth-order valence-electron chi connectivity index (χ4n) is 2.84. The monoisotopic (exact) mass is 289 g/mol. The summed E-state index contributed by atoms with van der Waals surface area (Å²) in [5, 5.41) is 9.02. The highest BCUT2D eigenvalue weighted by molar-refractivity contribution is 6.00. The molecule has 1 fully saturated rings. The number of carboxylic acid groups (broad SMARTS) is 1. The summed E-state index contributed by atoms with van der Waals surface area (Å²) in [5.74, 6) is -0.861. The third-order valence-electron chi connectivity index (χ3n) is 4.60. The zero-order valence-corrected chi connectivity index (χ0v) is 12.9. The van der Waals surface area contributed by atoms with Crippen LogP contribution in [-0.4, -0.2) is 40.9 Å². The van der Waals surface area contributed by atoms with Gasteiger partial charge in [0, 0.05) is 5.56 Å². The number of nitrogens with zero attached hydrogens (tertiary/aromatic N) is 1. The Labute approximate surface area is 125 Å². The molecule has 0 spiro atoms. The average molecular weight is 289 g/mol. The van der Waals surface area contributed by atoms with Crippen molar-refractivity contribution in [3.05, 3.63) is 34.9 Å². The fourth-order valence-corrected chi connectivity index (χ4v) is 2.84. The molecule has 0 radical (unpaired) electrons. The molecule has 1 unspecified atom stereocenters. The minimum atomic E-state index is -0.720. The molecule has 1 aromatic carbocycles. The van der Waals surface area contributed by atoms with E-state index in [0.717, 1.165) is 11.1 Å². The lowest BCUT2D eigenvalue weighted by molar-refractivity contribution is -0.143. The van der Waals surface area contributed by atoms with Gasteiger partial charge < -0.3 is 5.11 Å². The maximum Gasteiger partial charge on any atom is 0.306 e. The Bertz CT molecular complexity index is 545. The smallest absolute Gasteiger partial charge is 0.306 e. The molecule has 1 aliphatic rings. The molecule has 0 aromatic heterocycles. The van der Waals surface area contributed by atoms with Crippen molar-refractivity contribution in [1.29, 1.82) is 0 Å². The third-order valence-corrected chi connectivity index (χ3v) is 4.60. The molecule has 1 N–H and O–H groups in total. The second-order valence-corrected chi connectivity index (χ2v) is 5.99. The average Bonchev–Trinajstić information content (AvgIpc) is 2.48. The van der Waals surface area contributed by atoms with Gasteiger partial charge >= 0.3 is 5.97 Å². The van der Waals surface area contributed by atoms with Crippen molar-refractivity contribution in [2.24, 2.45) is 5.92 Å². The van der Waals surface area contributed by atoms with Crippen LogP contribution in [0, 0.1) is 19.8 Å². The van der Waals surface area contributed by atoms with Crippen molar-refractivity contribution in [3.8, 4) is 0 Å². The number of aryl methyl sites for hydroxylation is 2. The molecule has 1 heterocycles. The van der Waals surface area contributed by atoms with Crippen LogP contribution in [0.3, 0.4) is 0 Å². The summed E-state index contributed by atoms with van der Waals surface area (Å²) >= 11 is 0. The van der Waals surface area contributed by atoms with E-state index in [1.54, 1.807) is 0 Å². The quantitative estimate of drug-likeness (QED) is 0.866. The molecule has 1 atom stereocenters. The van der Waals surface area contributed by atoms with E-state index in [4.69, 9.17) is 5.11 Å². The number of carbonyl (C=O) groups excluding carboxylic acids is 1. The van der Waals surface area contributed by atoms with Crippen molar-refractivity contribution >= 4 is 11.8 Å². The number of Topliss-reactive ketones (excluding diaryl/α,β-unsaturated/α-hetero) is 1. The Morgan fingerprint density at radius 1 is 1.19 bits per heavy atom. The molecule has 0 saturated carbocycles. The van der Waals surface area contributed by atoms with Gasteiger partial charge in [0.25, 0.3) is 0 Å². The predicted octanol–water partition coefficient (Wildman–Crippen LogP) is 2.67. The lowest BCUT2D eigenvalue weighted by Gasteiger charge is -2.34. The minimum Gasteiger partial charge on any atom is -0.481 e. The van der Waals surface area contributed by atoms with Gasteiger partial charge in [-0.3, -0.25) is 14.5 Å². The first-order chi connectivity index (χ1) is 9.90. The molecule has 4 heteroatoms. The van der Waals surface area contributed by atoms with E-state index in [9.17, 15) is 9.59 Å². The van der Waals surface area contributed by atoms with Gasteiger partial charge in [0.2, 0.25) is 0 Å². The number of carbonyl (C=O) groups is 2. The van der Waals surface area contributed by atoms with Crippen molar-refractivity contribution < 1.29 is 14.7 Å². The summed E-state index contributed by atoms with van der Waals surface area (Å²) in [6.07, 6.45) is 1.25. The SMILES string of the molecule is Cc1ccc(C(=O)C(C)N2CCC(C(=O)O)CC2)cc1C. The van der Waals surface area contributed by atoms with E-state index in [1.165, 1.54) is 5.56 Å². The summed E-state index contributed by atoms with van der Waals surface area (Å²) < 4.78 is 0. The summed E-state index contributed by atoms with van der Waals surface area (Å²) in [6.45, 7) is 7.31. The number of aliphatic carboxylic acids is 1. The van der Waals surface area contributed by atoms with Gasteiger partial charge in [0.1, 0.15) is 0 Å². The predicted molar refractivity (Wildman–Crippen MR) is 81.6 cm³/mol. The van der Waals surface area contributed by atoms with Crippen LogP contribution in [0.15, 0.2) is 18.2 Å². The van der Waals surface area contributed by atoms with E-state index in [0.29, 0.717) is 25.9 Å². The van der Waals surface area contributed by atoms with Gasteiger partial charge in [-0.05, 0) is 63.9 Å². The maximum atomic E-state index is 12.6. The molecular formula is C17H23NO3. The maximum absolute atomic E-state index is 12.6. The van der Waals surface area contributed by atoms with Crippen LogP contribution in [0.25, 0.3) is 0 Å². The Morgan fingerprint density at radius 2 is 1.81 bits per heavy atom. The topological polar surface area (TPSA) is 57.6 Å². The van der Waals surface area contributed by atoms with Crippen LogP contribution in [0.5, 0.6) is 0 Å². The van der Waals surface area contributed by atoms with Crippen molar-refractivity contribution in [2.75, 3.05) is 13.1 Å². The van der Waals surface area contributed by atoms with Gasteiger partial charge in [-0.15, -0.1) is 0 Å². The molecule has 0 amide bonds. The zero-order valence-electron chi connectivity index (χ0n) is 12.9. The number of hydrogen-bond donors (Lipinski definition) is 1. The van der Waals surface area contributed by atoms with Gasteiger partial charge in [-0.25, -0.2) is 0 Å². The van der Waals surface area contributed by atoms with Crippen molar-refractivity contribution in [2.45, 2.75) is 39.7 Å². The Balaban J connectivity index is 2.03. The summed E-state index contributed by atoms with van der Waals surface area (Å²) in [5.41, 5.74) is 3.05. The number of piperidine rings is 1. The highest BCUT2D eigenvalue weighted by atomic mass is 16.4. The zero-order chi connectivity index (χ0) is 15.6. The Morgan fingerprint density at radius 3 is 2.33 bits per heavy atom. The van der Waals surface area contributed by atoms with Crippen LogP contribution in [0.1, 0.15) is 41.3 Å². The van der Waals surface area contributed by atoms with Gasteiger partial charge in [-0.2, -0.15) is 0 Å². The van der Waals surface area contributed by atoms with E-state index >= 15 is 0 Å². The molecule has 1 aliphatic heterocycles. The molecule has 21 heavy (non-hydrogen) atoms. The van der Waals surface area contributed by atoms with Crippen LogP contribution in [0.2, 0.25) is 0 Å². The van der Waals surface area contributed by atoms with Crippen LogP contribution >= 0.6 is 0 Å². The minimum absolute atomic E-state index is 0.117. The molecule has 4 nitrogen and oxygen atoms in total. The van der Waals surface area contributed by atoms with E-state index in [1.807, 2.05) is 39.0 Å². The molecule has 114 valence electrons. The fraction of sp³-hybridized carbons (Fsp3) is 0.529. The normalized spacial score (nSPS) is 18.4.